The molecule has 41 heavy (non-hydrogen) atoms. The van der Waals surface area contributed by atoms with Crippen LogP contribution in [-0.2, 0) is 23.1 Å². The third-order valence-electron chi connectivity index (χ3n) is 7.81. The summed E-state index contributed by atoms with van der Waals surface area (Å²) in [6.45, 7) is 6.42. The molecule has 1 aliphatic rings. The van der Waals surface area contributed by atoms with Gasteiger partial charge in [-0.25, -0.2) is 4.39 Å². The van der Waals surface area contributed by atoms with Crippen molar-refractivity contribution in [2.75, 3.05) is 5.32 Å². The number of carbonyl (C=O) groups is 1. The van der Waals surface area contributed by atoms with Crippen molar-refractivity contribution >= 4 is 11.6 Å². The molecule has 0 fully saturated rings. The summed E-state index contributed by atoms with van der Waals surface area (Å²) >= 11 is 0. The largest absolute Gasteiger partial charge is 0.457 e. The van der Waals surface area contributed by atoms with E-state index < -0.39 is 6.10 Å². The van der Waals surface area contributed by atoms with Gasteiger partial charge in [0.15, 0.2) is 0 Å². The first kappa shape index (κ1) is 28.6. The average molecular weight is 552 g/mol. The summed E-state index contributed by atoms with van der Waals surface area (Å²) in [5.41, 5.74) is 5.83. The molecule has 5 heteroatoms. The lowest BCUT2D eigenvalue weighted by Crippen LogP contribution is -2.22. The average Bonchev–Trinajstić information content (AvgIpc) is 2.95. The fraction of sp³-hybridized carbons (Fsp3) is 0.306. The van der Waals surface area contributed by atoms with Gasteiger partial charge in [-0.15, -0.1) is 0 Å². The zero-order chi connectivity index (χ0) is 29.0. The molecule has 1 atom stereocenters. The summed E-state index contributed by atoms with van der Waals surface area (Å²) in [6, 6.07) is 28.5. The Morgan fingerprint density at radius 1 is 0.854 bits per heavy atom. The Morgan fingerprint density at radius 2 is 1.41 bits per heavy atom. The lowest BCUT2D eigenvalue weighted by atomic mass is 9.84. The van der Waals surface area contributed by atoms with Crippen LogP contribution in [0.2, 0.25) is 0 Å². The Labute approximate surface area is 242 Å². The number of nitrogens with one attached hydrogen (secondary N) is 1. The van der Waals surface area contributed by atoms with Crippen molar-refractivity contribution in [1.82, 2.24) is 0 Å². The molecule has 0 aromatic heterocycles. The van der Waals surface area contributed by atoms with Gasteiger partial charge in [0.25, 0.3) is 0 Å². The fourth-order valence-corrected chi connectivity index (χ4v) is 5.58. The van der Waals surface area contributed by atoms with E-state index in [1.807, 2.05) is 48.5 Å². The summed E-state index contributed by atoms with van der Waals surface area (Å²) in [5.74, 6) is 1.18. The molecule has 0 radical (unpaired) electrons. The number of hydrogen-bond donors (Lipinski definition) is 2. The zero-order valence-corrected chi connectivity index (χ0v) is 24.0. The highest BCUT2D eigenvalue weighted by Gasteiger charge is 2.29. The SMILES string of the molecule is CC(C)(C)c1ccc(CCC(O)CCc2ccc(F)cc2)cc1NC(=O)CC1c2ccccc2Oc2ccccc21. The van der Waals surface area contributed by atoms with Gasteiger partial charge < -0.3 is 15.2 Å². The Kier molecular flexibility index (Phi) is 8.55. The molecule has 5 rings (SSSR count). The molecular formula is C36H38FNO3. The maximum absolute atomic E-state index is 13.6. The highest BCUT2D eigenvalue weighted by molar-refractivity contribution is 5.93. The van der Waals surface area contributed by atoms with E-state index in [0.717, 1.165) is 45.0 Å². The maximum Gasteiger partial charge on any atom is 0.225 e. The molecule has 4 aromatic carbocycles. The van der Waals surface area contributed by atoms with Crippen LogP contribution >= 0.6 is 0 Å². The molecule has 0 bridgehead atoms. The van der Waals surface area contributed by atoms with Crippen molar-refractivity contribution in [3.05, 3.63) is 125 Å². The minimum atomic E-state index is -0.464. The van der Waals surface area contributed by atoms with Gasteiger partial charge in [0.1, 0.15) is 17.3 Å². The number of benzene rings is 4. The van der Waals surface area contributed by atoms with Gasteiger partial charge >= 0.3 is 0 Å². The molecular weight excluding hydrogens is 513 g/mol. The number of anilines is 1. The summed E-state index contributed by atoms with van der Waals surface area (Å²) in [4.78, 5) is 13.6. The number of rotatable bonds is 9. The van der Waals surface area contributed by atoms with E-state index in [4.69, 9.17) is 4.74 Å². The molecule has 0 saturated carbocycles. The standard InChI is InChI=1S/C36H38FNO3/c1-36(2,3)31-21-16-25(15-20-27(39)19-14-24-12-17-26(37)18-13-24)22-32(31)38-35(40)23-30-28-8-4-6-10-33(28)41-34-11-7-5-9-29(30)34/h4-13,16-18,21-22,27,30,39H,14-15,19-20,23H2,1-3H3,(H,38,40). The summed E-state index contributed by atoms with van der Waals surface area (Å²) < 4.78 is 19.3. The molecule has 0 saturated heterocycles. The van der Waals surface area contributed by atoms with E-state index in [1.165, 1.54) is 12.1 Å². The third kappa shape index (κ3) is 7.04. The lowest BCUT2D eigenvalue weighted by Gasteiger charge is -2.28. The van der Waals surface area contributed by atoms with Crippen LogP contribution in [0.3, 0.4) is 0 Å². The Bertz CT molecular complexity index is 1460. The van der Waals surface area contributed by atoms with Crippen LogP contribution in [0.15, 0.2) is 91.0 Å². The van der Waals surface area contributed by atoms with Crippen LogP contribution in [0.5, 0.6) is 11.5 Å². The van der Waals surface area contributed by atoms with Crippen molar-refractivity contribution < 1.29 is 19.0 Å². The highest BCUT2D eigenvalue weighted by atomic mass is 19.1. The molecule has 212 valence electrons. The second-order valence-electron chi connectivity index (χ2n) is 12.0. The second-order valence-corrected chi connectivity index (χ2v) is 12.0. The topological polar surface area (TPSA) is 58.6 Å². The third-order valence-corrected chi connectivity index (χ3v) is 7.81. The molecule has 4 aromatic rings. The maximum atomic E-state index is 13.6. The molecule has 1 unspecified atom stereocenters. The van der Waals surface area contributed by atoms with Gasteiger partial charge in [0.2, 0.25) is 5.91 Å². The van der Waals surface area contributed by atoms with E-state index in [0.29, 0.717) is 32.1 Å². The molecule has 1 aliphatic heterocycles. The molecule has 1 heterocycles. The lowest BCUT2D eigenvalue weighted by molar-refractivity contribution is -0.116. The molecule has 0 aliphatic carbocycles. The van der Waals surface area contributed by atoms with Gasteiger partial charge in [0, 0.05) is 29.2 Å². The highest BCUT2D eigenvalue weighted by Crippen LogP contribution is 2.45. The van der Waals surface area contributed by atoms with Gasteiger partial charge in [-0.2, -0.15) is 0 Å². The number of carbonyl (C=O) groups excluding carboxylic acids is 1. The van der Waals surface area contributed by atoms with E-state index in [2.05, 4.69) is 44.3 Å². The summed E-state index contributed by atoms with van der Waals surface area (Å²) in [5, 5.41) is 13.8. The predicted octanol–water partition coefficient (Wildman–Crippen LogP) is 8.32. The quantitative estimate of drug-likeness (QED) is 0.220. The van der Waals surface area contributed by atoms with Crippen LogP contribution < -0.4 is 10.1 Å². The number of aryl methyl sites for hydroxylation is 2. The van der Waals surface area contributed by atoms with Crippen molar-refractivity contribution in [1.29, 1.82) is 0 Å². The van der Waals surface area contributed by atoms with Crippen molar-refractivity contribution in [2.45, 2.75) is 70.3 Å². The number of fused-ring (bicyclic) bond motifs is 2. The van der Waals surface area contributed by atoms with Crippen LogP contribution in [-0.4, -0.2) is 17.1 Å². The van der Waals surface area contributed by atoms with E-state index >= 15 is 0 Å². The Hall–Kier alpha value is -3.96. The van der Waals surface area contributed by atoms with Crippen LogP contribution in [0, 0.1) is 5.82 Å². The molecule has 1 amide bonds. The summed E-state index contributed by atoms with van der Waals surface area (Å²) in [6.07, 6.45) is 2.45. The smallest absolute Gasteiger partial charge is 0.225 e. The first-order chi connectivity index (χ1) is 19.7. The predicted molar refractivity (Wildman–Crippen MR) is 162 cm³/mol. The second kappa shape index (κ2) is 12.3. The van der Waals surface area contributed by atoms with Crippen molar-refractivity contribution in [3.63, 3.8) is 0 Å². The number of ether oxygens (including phenoxy) is 1. The van der Waals surface area contributed by atoms with Gasteiger partial charge in [-0.3, -0.25) is 4.79 Å². The Balaban J connectivity index is 1.28. The fourth-order valence-electron chi connectivity index (χ4n) is 5.58. The number of hydrogen-bond acceptors (Lipinski definition) is 3. The number of amides is 1. The summed E-state index contributed by atoms with van der Waals surface area (Å²) in [7, 11) is 0. The van der Waals surface area contributed by atoms with Gasteiger partial charge in [0.05, 0.1) is 6.10 Å². The number of halogens is 1. The first-order valence-corrected chi connectivity index (χ1v) is 14.4. The van der Waals surface area contributed by atoms with Crippen LogP contribution in [0.4, 0.5) is 10.1 Å². The minimum Gasteiger partial charge on any atom is -0.457 e. The Morgan fingerprint density at radius 3 is 2.02 bits per heavy atom. The molecule has 0 spiro atoms. The number of aliphatic hydroxyl groups excluding tert-OH is 1. The normalized spacial score (nSPS) is 13.6. The zero-order valence-electron chi connectivity index (χ0n) is 24.0. The number of aliphatic hydroxyl groups is 1. The monoisotopic (exact) mass is 551 g/mol. The van der Waals surface area contributed by atoms with Crippen molar-refractivity contribution in [3.8, 4) is 11.5 Å². The van der Waals surface area contributed by atoms with Crippen LogP contribution in [0.25, 0.3) is 0 Å². The molecule has 4 nitrogen and oxygen atoms in total. The minimum absolute atomic E-state index is 0.0523. The van der Waals surface area contributed by atoms with Gasteiger partial charge in [-0.1, -0.05) is 81.4 Å². The number of para-hydroxylation sites is 2. The first-order valence-electron chi connectivity index (χ1n) is 14.4. The van der Waals surface area contributed by atoms with E-state index in [1.54, 1.807) is 12.1 Å². The molecule has 2 N–H and O–H groups in total. The van der Waals surface area contributed by atoms with Gasteiger partial charge in [-0.05, 0) is 78.1 Å². The van der Waals surface area contributed by atoms with E-state index in [9.17, 15) is 14.3 Å². The van der Waals surface area contributed by atoms with Crippen LogP contribution in [0.1, 0.15) is 73.8 Å². The van der Waals surface area contributed by atoms with E-state index in [-0.39, 0.29) is 23.1 Å². The van der Waals surface area contributed by atoms with Crippen molar-refractivity contribution in [2.24, 2.45) is 0 Å².